The molecule has 0 saturated carbocycles. The molecule has 0 aromatic heterocycles. The lowest BCUT2D eigenvalue weighted by Crippen LogP contribution is -2.52. The van der Waals surface area contributed by atoms with Gasteiger partial charge < -0.3 is 19.0 Å². The van der Waals surface area contributed by atoms with Gasteiger partial charge in [-0.1, -0.05) is 20.8 Å². The van der Waals surface area contributed by atoms with Crippen molar-refractivity contribution in [2.75, 3.05) is 13.2 Å². The van der Waals surface area contributed by atoms with Gasteiger partial charge in [-0.15, -0.1) is 0 Å². The molecular formula is C17H33NO5Si. The van der Waals surface area contributed by atoms with Crippen LogP contribution in [0.3, 0.4) is 0 Å². The zero-order valence-corrected chi connectivity index (χ0v) is 17.3. The summed E-state index contributed by atoms with van der Waals surface area (Å²) in [4.78, 5) is 14.1. The van der Waals surface area contributed by atoms with Gasteiger partial charge in [0.15, 0.2) is 8.32 Å². The fraction of sp³-hybridized carbons (Fsp3) is 0.941. The van der Waals surface area contributed by atoms with E-state index in [-0.39, 0.29) is 23.7 Å². The number of amides is 1. The fourth-order valence-corrected chi connectivity index (χ4v) is 4.25. The first kappa shape index (κ1) is 19.7. The first-order chi connectivity index (χ1) is 10.7. The number of aliphatic hydroxyl groups excluding tert-OH is 1. The van der Waals surface area contributed by atoms with Gasteiger partial charge >= 0.3 is 6.09 Å². The van der Waals surface area contributed by atoms with Crippen LogP contribution in [0.5, 0.6) is 0 Å². The maximum absolute atomic E-state index is 12.6. The molecule has 140 valence electrons. The molecular weight excluding hydrogens is 326 g/mol. The monoisotopic (exact) mass is 359 g/mol. The third-order valence-electron chi connectivity index (χ3n) is 5.17. The first-order valence-electron chi connectivity index (χ1n) is 8.70. The Morgan fingerprint density at radius 2 is 1.79 bits per heavy atom. The molecule has 0 aromatic rings. The van der Waals surface area contributed by atoms with Gasteiger partial charge in [-0.2, -0.15) is 0 Å². The molecule has 2 fully saturated rings. The lowest BCUT2D eigenvalue weighted by molar-refractivity contribution is 0.00661. The van der Waals surface area contributed by atoms with Crippen molar-refractivity contribution < 1.29 is 23.8 Å². The van der Waals surface area contributed by atoms with Crippen LogP contribution in [0.1, 0.15) is 41.5 Å². The summed E-state index contributed by atoms with van der Waals surface area (Å²) in [6.07, 6.45) is -1.73. The van der Waals surface area contributed by atoms with Crippen molar-refractivity contribution >= 4 is 14.4 Å². The predicted molar refractivity (Wildman–Crippen MR) is 94.5 cm³/mol. The standard InChI is InChI=1S/C17H33NO5Si/c1-16(2,3)22-15(20)18-9-11(19)14-13(18)12(10-21-14)23-24(7,8)17(4,5)6/h11-14,19H,9-10H2,1-8H3/t11-,12+,13-,14-/m1/s1. The third kappa shape index (κ3) is 3.95. The second-order valence-electron chi connectivity index (χ2n) is 9.41. The van der Waals surface area contributed by atoms with Gasteiger partial charge in [-0.05, 0) is 38.9 Å². The Morgan fingerprint density at radius 3 is 2.29 bits per heavy atom. The average molecular weight is 360 g/mol. The maximum atomic E-state index is 12.6. The number of nitrogens with zero attached hydrogens (tertiary/aromatic N) is 1. The van der Waals surface area contributed by atoms with Crippen LogP contribution in [0.4, 0.5) is 4.79 Å². The number of β-amino-alcohol motifs (C(OH)–C–C–N with tert-alkyl or cyclic N) is 1. The summed E-state index contributed by atoms with van der Waals surface area (Å²) >= 11 is 0. The van der Waals surface area contributed by atoms with E-state index >= 15 is 0 Å². The highest BCUT2D eigenvalue weighted by molar-refractivity contribution is 6.74. The normalized spacial score (nSPS) is 31.3. The lowest BCUT2D eigenvalue weighted by atomic mass is 10.1. The number of carbonyl (C=O) groups excluding carboxylic acids is 1. The third-order valence-corrected chi connectivity index (χ3v) is 9.68. The number of likely N-dealkylation sites (tertiary alicyclic amines) is 1. The van der Waals surface area contributed by atoms with E-state index in [4.69, 9.17) is 13.9 Å². The Hall–Kier alpha value is -0.633. The van der Waals surface area contributed by atoms with Crippen molar-refractivity contribution in [1.82, 2.24) is 4.90 Å². The molecule has 2 aliphatic heterocycles. The molecule has 0 spiro atoms. The number of ether oxygens (including phenoxy) is 2. The number of hydrogen-bond donors (Lipinski definition) is 1. The van der Waals surface area contributed by atoms with E-state index < -0.39 is 32.2 Å². The lowest BCUT2D eigenvalue weighted by Gasteiger charge is -2.40. The summed E-state index contributed by atoms with van der Waals surface area (Å²) in [7, 11) is -2.00. The van der Waals surface area contributed by atoms with Crippen molar-refractivity contribution in [1.29, 1.82) is 0 Å². The molecule has 1 N–H and O–H groups in total. The van der Waals surface area contributed by atoms with Crippen LogP contribution < -0.4 is 0 Å². The minimum Gasteiger partial charge on any atom is -0.444 e. The molecule has 2 rings (SSSR count). The highest BCUT2D eigenvalue weighted by atomic mass is 28.4. The summed E-state index contributed by atoms with van der Waals surface area (Å²) in [5, 5.41) is 10.3. The molecule has 7 heteroatoms. The van der Waals surface area contributed by atoms with Gasteiger partial charge in [-0.3, -0.25) is 4.90 Å². The zero-order chi connectivity index (χ0) is 18.5. The van der Waals surface area contributed by atoms with Gasteiger partial charge in [0.2, 0.25) is 0 Å². The Morgan fingerprint density at radius 1 is 1.21 bits per heavy atom. The van der Waals surface area contributed by atoms with E-state index in [9.17, 15) is 9.90 Å². The summed E-state index contributed by atoms with van der Waals surface area (Å²) in [6.45, 7) is 17.1. The zero-order valence-electron chi connectivity index (χ0n) is 16.3. The van der Waals surface area contributed by atoms with E-state index in [0.29, 0.717) is 6.61 Å². The van der Waals surface area contributed by atoms with Gasteiger partial charge in [0.05, 0.1) is 31.4 Å². The van der Waals surface area contributed by atoms with E-state index in [2.05, 4.69) is 33.9 Å². The van der Waals surface area contributed by atoms with Crippen LogP contribution in [0.25, 0.3) is 0 Å². The van der Waals surface area contributed by atoms with Crippen LogP contribution in [0.15, 0.2) is 0 Å². The molecule has 0 aromatic carbocycles. The molecule has 2 saturated heterocycles. The number of carbonyl (C=O) groups is 1. The summed E-state index contributed by atoms with van der Waals surface area (Å²) in [5.41, 5.74) is -0.574. The molecule has 6 nitrogen and oxygen atoms in total. The minimum absolute atomic E-state index is 0.0685. The molecule has 2 heterocycles. The Bertz CT molecular complexity index is 482. The van der Waals surface area contributed by atoms with Crippen molar-refractivity contribution in [3.63, 3.8) is 0 Å². The molecule has 0 bridgehead atoms. The molecule has 1 amide bonds. The highest BCUT2D eigenvalue weighted by Crippen LogP contribution is 2.41. The Balaban J connectivity index is 2.17. The first-order valence-corrected chi connectivity index (χ1v) is 11.6. The molecule has 4 atom stereocenters. The van der Waals surface area contributed by atoms with Gasteiger partial charge in [-0.25, -0.2) is 4.79 Å². The van der Waals surface area contributed by atoms with Crippen molar-refractivity contribution in [2.45, 2.75) is 89.6 Å². The van der Waals surface area contributed by atoms with E-state index in [0.717, 1.165) is 0 Å². The second-order valence-corrected chi connectivity index (χ2v) is 14.2. The van der Waals surface area contributed by atoms with Crippen LogP contribution in [0.2, 0.25) is 18.1 Å². The number of hydrogen-bond acceptors (Lipinski definition) is 5. The molecule has 2 aliphatic rings. The second kappa shape index (κ2) is 6.27. The van der Waals surface area contributed by atoms with E-state index in [1.807, 2.05) is 20.8 Å². The summed E-state index contributed by atoms with van der Waals surface area (Å²) in [6, 6.07) is -0.288. The SMILES string of the molecule is CC(C)(C)OC(=O)N1C[C@@H](O)[C@H]2OC[C@H](O[Si](C)(C)C(C)(C)C)[C@H]21. The summed E-state index contributed by atoms with van der Waals surface area (Å²) < 4.78 is 17.8. The van der Waals surface area contributed by atoms with E-state index in [1.165, 1.54) is 0 Å². The number of fused-ring (bicyclic) bond motifs is 1. The Kier molecular flexibility index (Phi) is 5.14. The van der Waals surface area contributed by atoms with Crippen molar-refractivity contribution in [3.8, 4) is 0 Å². The molecule has 0 aliphatic carbocycles. The topological polar surface area (TPSA) is 68.2 Å². The Labute approximate surface area is 146 Å². The predicted octanol–water partition coefficient (Wildman–Crippen LogP) is 2.76. The fourth-order valence-electron chi connectivity index (χ4n) is 2.93. The molecule has 0 unspecified atom stereocenters. The van der Waals surface area contributed by atoms with Crippen molar-refractivity contribution in [3.05, 3.63) is 0 Å². The van der Waals surface area contributed by atoms with Crippen LogP contribution in [-0.2, 0) is 13.9 Å². The van der Waals surface area contributed by atoms with Crippen LogP contribution in [0, 0.1) is 0 Å². The quantitative estimate of drug-likeness (QED) is 0.768. The van der Waals surface area contributed by atoms with Gasteiger partial charge in [0, 0.05) is 0 Å². The number of aliphatic hydroxyl groups is 1. The molecule has 0 radical (unpaired) electrons. The largest absolute Gasteiger partial charge is 0.444 e. The highest BCUT2D eigenvalue weighted by Gasteiger charge is 2.55. The smallest absolute Gasteiger partial charge is 0.410 e. The minimum atomic E-state index is -2.00. The summed E-state index contributed by atoms with van der Waals surface area (Å²) in [5.74, 6) is 0. The number of rotatable bonds is 2. The average Bonchev–Trinajstić information content (AvgIpc) is 2.88. The van der Waals surface area contributed by atoms with Gasteiger partial charge in [0.1, 0.15) is 11.7 Å². The van der Waals surface area contributed by atoms with Crippen LogP contribution >= 0.6 is 0 Å². The van der Waals surface area contributed by atoms with Gasteiger partial charge in [0.25, 0.3) is 0 Å². The van der Waals surface area contributed by atoms with E-state index in [1.54, 1.807) is 4.90 Å². The molecule has 24 heavy (non-hydrogen) atoms. The maximum Gasteiger partial charge on any atom is 0.410 e. The van der Waals surface area contributed by atoms with Crippen LogP contribution in [-0.4, -0.2) is 67.5 Å². The van der Waals surface area contributed by atoms with Crippen molar-refractivity contribution in [2.24, 2.45) is 0 Å².